The minimum Gasteiger partial charge on any atom is -0.496 e. The maximum absolute atomic E-state index is 12.3. The van der Waals surface area contributed by atoms with Gasteiger partial charge < -0.3 is 15.2 Å². The fourth-order valence-electron chi connectivity index (χ4n) is 2.68. The number of carbonyl (C=O) groups excluding carboxylic acids is 1. The molecular formula is C18H19N5O4. The van der Waals surface area contributed by atoms with Gasteiger partial charge in [0, 0.05) is 18.4 Å². The van der Waals surface area contributed by atoms with E-state index in [1.807, 2.05) is 19.1 Å². The minimum atomic E-state index is -1.01. The van der Waals surface area contributed by atoms with Gasteiger partial charge in [0.05, 0.1) is 13.0 Å². The van der Waals surface area contributed by atoms with Gasteiger partial charge in [-0.2, -0.15) is 4.98 Å². The van der Waals surface area contributed by atoms with Crippen LogP contribution in [0.2, 0.25) is 0 Å². The summed E-state index contributed by atoms with van der Waals surface area (Å²) in [5, 5.41) is 16.2. The summed E-state index contributed by atoms with van der Waals surface area (Å²) in [6.07, 6.45) is 1.80. The SMILES string of the molecule is COc1ccccc1CC(CNC(=O)c1nc2nccc(C)n2n1)C(=O)O. The molecule has 1 amide bonds. The van der Waals surface area contributed by atoms with Gasteiger partial charge in [-0.25, -0.2) is 9.50 Å². The Morgan fingerprint density at radius 2 is 2.07 bits per heavy atom. The Bertz CT molecular complexity index is 985. The molecule has 0 radical (unpaired) electrons. The van der Waals surface area contributed by atoms with Crippen molar-refractivity contribution in [1.82, 2.24) is 24.9 Å². The van der Waals surface area contributed by atoms with Crippen LogP contribution in [0, 0.1) is 12.8 Å². The van der Waals surface area contributed by atoms with Crippen molar-refractivity contribution in [1.29, 1.82) is 0 Å². The van der Waals surface area contributed by atoms with Gasteiger partial charge in [-0.1, -0.05) is 18.2 Å². The van der Waals surface area contributed by atoms with Crippen LogP contribution < -0.4 is 10.1 Å². The molecule has 0 aliphatic carbocycles. The summed E-state index contributed by atoms with van der Waals surface area (Å²) in [6, 6.07) is 8.94. The van der Waals surface area contributed by atoms with Crippen LogP contribution in [0.5, 0.6) is 5.75 Å². The van der Waals surface area contributed by atoms with Crippen LogP contribution in [0.15, 0.2) is 36.5 Å². The number of amides is 1. The van der Waals surface area contributed by atoms with E-state index >= 15 is 0 Å². The number of hydrogen-bond donors (Lipinski definition) is 2. The summed E-state index contributed by atoms with van der Waals surface area (Å²) in [4.78, 5) is 32.0. The number of aryl methyl sites for hydroxylation is 1. The van der Waals surface area contributed by atoms with Gasteiger partial charge in [-0.15, -0.1) is 5.10 Å². The molecule has 0 bridgehead atoms. The fourth-order valence-corrected chi connectivity index (χ4v) is 2.68. The van der Waals surface area contributed by atoms with Crippen LogP contribution in [0.1, 0.15) is 21.9 Å². The highest BCUT2D eigenvalue weighted by Crippen LogP contribution is 2.21. The fraction of sp³-hybridized carbons (Fsp3) is 0.278. The Labute approximate surface area is 155 Å². The number of carbonyl (C=O) groups is 2. The van der Waals surface area contributed by atoms with Crippen molar-refractivity contribution in [3.05, 3.63) is 53.6 Å². The quantitative estimate of drug-likeness (QED) is 0.640. The standard InChI is InChI=1S/C18H19N5O4/c1-11-7-8-19-18-21-15(22-23(11)18)16(24)20-10-13(17(25)26)9-12-5-3-4-6-14(12)27-2/h3-8,13H,9-10H2,1-2H3,(H,20,24)(H,25,26). The molecule has 27 heavy (non-hydrogen) atoms. The normalized spacial score (nSPS) is 11.9. The zero-order valence-corrected chi connectivity index (χ0v) is 14.9. The van der Waals surface area contributed by atoms with Gasteiger partial charge in [0.15, 0.2) is 0 Å². The lowest BCUT2D eigenvalue weighted by Gasteiger charge is -2.15. The van der Waals surface area contributed by atoms with E-state index in [0.29, 0.717) is 11.5 Å². The van der Waals surface area contributed by atoms with Crippen LogP contribution in [0.25, 0.3) is 5.78 Å². The number of benzene rings is 1. The second-order valence-corrected chi connectivity index (χ2v) is 5.99. The first kappa shape index (κ1) is 18.3. The molecule has 0 spiro atoms. The first-order valence-electron chi connectivity index (χ1n) is 8.31. The summed E-state index contributed by atoms with van der Waals surface area (Å²) >= 11 is 0. The van der Waals surface area contributed by atoms with E-state index in [1.165, 1.54) is 11.6 Å². The third-order valence-corrected chi connectivity index (χ3v) is 4.15. The van der Waals surface area contributed by atoms with Crippen molar-refractivity contribution in [3.8, 4) is 5.75 Å². The molecule has 140 valence electrons. The molecule has 0 saturated heterocycles. The summed E-state index contributed by atoms with van der Waals surface area (Å²) in [7, 11) is 1.53. The number of methoxy groups -OCH3 is 1. The highest BCUT2D eigenvalue weighted by atomic mass is 16.5. The highest BCUT2D eigenvalue weighted by Gasteiger charge is 2.22. The number of carboxylic acids is 1. The Morgan fingerprint density at radius 1 is 1.30 bits per heavy atom. The summed E-state index contributed by atoms with van der Waals surface area (Å²) < 4.78 is 6.71. The number of nitrogens with zero attached hydrogens (tertiary/aromatic N) is 4. The molecule has 3 aromatic rings. The van der Waals surface area contributed by atoms with E-state index in [2.05, 4.69) is 20.4 Å². The summed E-state index contributed by atoms with van der Waals surface area (Å²) in [5.41, 5.74) is 1.54. The second-order valence-electron chi connectivity index (χ2n) is 5.99. The Kier molecular flexibility index (Phi) is 5.30. The second kappa shape index (κ2) is 7.81. The van der Waals surface area contributed by atoms with E-state index in [0.717, 1.165) is 11.3 Å². The first-order valence-corrected chi connectivity index (χ1v) is 8.31. The van der Waals surface area contributed by atoms with Crippen molar-refractivity contribution in [2.24, 2.45) is 5.92 Å². The monoisotopic (exact) mass is 369 g/mol. The number of fused-ring (bicyclic) bond motifs is 1. The van der Waals surface area contributed by atoms with Crippen LogP contribution in [0.4, 0.5) is 0 Å². The summed E-state index contributed by atoms with van der Waals surface area (Å²) in [5.74, 6) is -1.52. The zero-order chi connectivity index (χ0) is 19.4. The van der Waals surface area contributed by atoms with E-state index in [9.17, 15) is 14.7 Å². The molecule has 1 unspecified atom stereocenters. The lowest BCUT2D eigenvalue weighted by molar-refractivity contribution is -0.141. The predicted molar refractivity (Wildman–Crippen MR) is 95.7 cm³/mol. The summed E-state index contributed by atoms with van der Waals surface area (Å²) in [6.45, 7) is 1.76. The van der Waals surface area contributed by atoms with Crippen molar-refractivity contribution in [2.45, 2.75) is 13.3 Å². The topological polar surface area (TPSA) is 119 Å². The number of carboxylic acid groups (broad SMARTS) is 1. The van der Waals surface area contributed by atoms with Crippen molar-refractivity contribution < 1.29 is 19.4 Å². The lowest BCUT2D eigenvalue weighted by atomic mass is 9.98. The Hall–Kier alpha value is -3.49. The Balaban J connectivity index is 1.70. The Morgan fingerprint density at radius 3 is 2.78 bits per heavy atom. The van der Waals surface area contributed by atoms with Gasteiger partial charge in [-0.3, -0.25) is 9.59 Å². The van der Waals surface area contributed by atoms with Crippen LogP contribution in [-0.4, -0.2) is 50.2 Å². The van der Waals surface area contributed by atoms with Gasteiger partial charge >= 0.3 is 5.97 Å². The van der Waals surface area contributed by atoms with Crippen molar-refractivity contribution in [2.75, 3.05) is 13.7 Å². The molecule has 9 heteroatoms. The van der Waals surface area contributed by atoms with E-state index in [4.69, 9.17) is 4.74 Å². The average molecular weight is 369 g/mol. The molecule has 3 rings (SSSR count). The molecule has 0 aliphatic rings. The van der Waals surface area contributed by atoms with Crippen LogP contribution >= 0.6 is 0 Å². The van der Waals surface area contributed by atoms with E-state index in [-0.39, 0.29) is 18.8 Å². The van der Waals surface area contributed by atoms with Crippen LogP contribution in [0.3, 0.4) is 0 Å². The minimum absolute atomic E-state index is 0.0572. The van der Waals surface area contributed by atoms with Gasteiger partial charge in [0.2, 0.25) is 5.82 Å². The predicted octanol–water partition coefficient (Wildman–Crippen LogP) is 1.11. The average Bonchev–Trinajstić information content (AvgIpc) is 3.10. The number of ether oxygens (including phenoxy) is 1. The van der Waals surface area contributed by atoms with Crippen LogP contribution in [-0.2, 0) is 11.2 Å². The smallest absolute Gasteiger partial charge is 0.308 e. The lowest BCUT2D eigenvalue weighted by Crippen LogP contribution is -2.34. The maximum atomic E-state index is 12.3. The van der Waals surface area contributed by atoms with E-state index < -0.39 is 17.8 Å². The first-order chi connectivity index (χ1) is 13.0. The highest BCUT2D eigenvalue weighted by molar-refractivity contribution is 5.91. The number of aliphatic carboxylic acids is 1. The zero-order valence-electron chi connectivity index (χ0n) is 14.9. The molecule has 2 N–H and O–H groups in total. The number of para-hydroxylation sites is 1. The molecule has 0 aliphatic heterocycles. The molecule has 2 heterocycles. The van der Waals surface area contributed by atoms with Crippen molar-refractivity contribution >= 4 is 17.7 Å². The van der Waals surface area contributed by atoms with E-state index in [1.54, 1.807) is 24.4 Å². The van der Waals surface area contributed by atoms with Gasteiger partial charge in [-0.05, 0) is 31.0 Å². The van der Waals surface area contributed by atoms with Gasteiger partial charge in [0.25, 0.3) is 11.7 Å². The van der Waals surface area contributed by atoms with Gasteiger partial charge in [0.1, 0.15) is 5.75 Å². The maximum Gasteiger partial charge on any atom is 0.308 e. The number of rotatable bonds is 7. The number of nitrogens with one attached hydrogen (secondary N) is 1. The molecule has 0 saturated carbocycles. The molecule has 9 nitrogen and oxygen atoms in total. The third-order valence-electron chi connectivity index (χ3n) is 4.15. The molecular weight excluding hydrogens is 350 g/mol. The van der Waals surface area contributed by atoms with Crippen molar-refractivity contribution in [3.63, 3.8) is 0 Å². The molecule has 0 fully saturated rings. The third kappa shape index (κ3) is 4.02. The molecule has 2 aromatic heterocycles. The molecule has 1 atom stereocenters. The number of aromatic nitrogens is 4. The molecule has 1 aromatic carbocycles. The number of hydrogen-bond acceptors (Lipinski definition) is 6. The largest absolute Gasteiger partial charge is 0.496 e.